The minimum absolute atomic E-state index is 0.216. The number of aromatic nitrogens is 9. The molecular weight excluding hydrogens is 396 g/mol. The van der Waals surface area contributed by atoms with Crippen LogP contribution in [0.5, 0.6) is 0 Å². The van der Waals surface area contributed by atoms with Crippen molar-refractivity contribution in [2.45, 2.75) is 13.5 Å². The summed E-state index contributed by atoms with van der Waals surface area (Å²) in [4.78, 5) is 17.4. The number of fused-ring (bicyclic) bond motifs is 1. The van der Waals surface area contributed by atoms with E-state index in [2.05, 4.69) is 25.4 Å². The molecule has 0 saturated carbocycles. The Kier molecular flexibility index (Phi) is 4.44. The van der Waals surface area contributed by atoms with Crippen LogP contribution in [0.15, 0.2) is 43.2 Å². The van der Waals surface area contributed by atoms with Crippen molar-refractivity contribution in [1.29, 1.82) is 0 Å². The molecule has 0 spiro atoms. The van der Waals surface area contributed by atoms with Crippen molar-refractivity contribution in [2.24, 2.45) is 14.1 Å². The normalized spacial score (nSPS) is 11.4. The van der Waals surface area contributed by atoms with Gasteiger partial charge < -0.3 is 15.0 Å². The Morgan fingerprint density at radius 1 is 1.06 bits per heavy atom. The van der Waals surface area contributed by atoms with Crippen LogP contribution < -0.4 is 5.32 Å². The lowest BCUT2D eigenvalue weighted by molar-refractivity contribution is 0.271. The van der Waals surface area contributed by atoms with Gasteiger partial charge in [0, 0.05) is 44.4 Å². The third-order valence-corrected chi connectivity index (χ3v) is 5.00. The Morgan fingerprint density at radius 3 is 2.52 bits per heavy atom. The molecule has 5 heterocycles. The van der Waals surface area contributed by atoms with Crippen LogP contribution in [0.4, 0.5) is 11.5 Å². The highest BCUT2D eigenvalue weighted by atomic mass is 16.3. The maximum absolute atomic E-state index is 9.19. The predicted molar refractivity (Wildman–Crippen MR) is 113 cm³/mol. The molecule has 11 nitrogen and oxygen atoms in total. The van der Waals surface area contributed by atoms with E-state index >= 15 is 0 Å². The zero-order chi connectivity index (χ0) is 21.5. The second kappa shape index (κ2) is 7.29. The number of nitrogens with one attached hydrogen (secondary N) is 1. The van der Waals surface area contributed by atoms with Gasteiger partial charge in [-0.2, -0.15) is 5.10 Å². The van der Waals surface area contributed by atoms with Gasteiger partial charge in [0.1, 0.15) is 12.1 Å². The molecule has 0 aliphatic rings. The fourth-order valence-electron chi connectivity index (χ4n) is 3.45. The summed E-state index contributed by atoms with van der Waals surface area (Å²) in [7, 11) is 3.78. The van der Waals surface area contributed by atoms with Crippen LogP contribution in [-0.2, 0) is 20.7 Å². The topological polar surface area (TPSA) is 124 Å². The molecule has 0 fully saturated rings. The van der Waals surface area contributed by atoms with Gasteiger partial charge in [0.15, 0.2) is 17.5 Å². The Bertz CT molecular complexity index is 1380. The van der Waals surface area contributed by atoms with Crippen LogP contribution in [-0.4, -0.2) is 49.0 Å². The molecule has 0 aliphatic carbocycles. The first-order valence-electron chi connectivity index (χ1n) is 9.60. The van der Waals surface area contributed by atoms with Crippen molar-refractivity contribution in [3.8, 4) is 22.9 Å². The van der Waals surface area contributed by atoms with E-state index in [1.807, 2.05) is 50.2 Å². The summed E-state index contributed by atoms with van der Waals surface area (Å²) in [5.41, 5.74) is 4.25. The second-order valence-corrected chi connectivity index (χ2v) is 7.15. The lowest BCUT2D eigenvalue weighted by Crippen LogP contribution is -2.06. The van der Waals surface area contributed by atoms with Gasteiger partial charge >= 0.3 is 0 Å². The van der Waals surface area contributed by atoms with Crippen LogP contribution in [0.25, 0.3) is 28.4 Å². The quantitative estimate of drug-likeness (QED) is 0.445. The number of anilines is 2. The first-order chi connectivity index (χ1) is 15.0. The lowest BCUT2D eigenvalue weighted by Gasteiger charge is -2.10. The smallest absolute Gasteiger partial charge is 0.218 e. The third-order valence-electron chi connectivity index (χ3n) is 5.00. The van der Waals surface area contributed by atoms with Crippen molar-refractivity contribution in [3.63, 3.8) is 0 Å². The van der Waals surface area contributed by atoms with E-state index in [-0.39, 0.29) is 6.61 Å². The number of hydrogen-bond acceptors (Lipinski definition) is 8. The molecule has 0 atom stereocenters. The van der Waals surface area contributed by atoms with Gasteiger partial charge in [-0.3, -0.25) is 4.68 Å². The summed E-state index contributed by atoms with van der Waals surface area (Å²) in [5.74, 6) is 2.05. The number of rotatable bonds is 5. The van der Waals surface area contributed by atoms with E-state index in [9.17, 15) is 5.11 Å². The molecular formula is C20H20N10O. The van der Waals surface area contributed by atoms with Crippen LogP contribution >= 0.6 is 0 Å². The van der Waals surface area contributed by atoms with Gasteiger partial charge in [-0.05, 0) is 18.6 Å². The Balaban J connectivity index is 1.69. The maximum atomic E-state index is 9.19. The van der Waals surface area contributed by atoms with Gasteiger partial charge in [-0.15, -0.1) is 5.10 Å². The van der Waals surface area contributed by atoms with E-state index in [0.29, 0.717) is 29.0 Å². The SMILES string of the molecule is Cc1c(-c2ccn(C)n2)cn2nc(-c3nccn3C)nc(Nc3cnc(CO)nc3)c12. The summed E-state index contributed by atoms with van der Waals surface area (Å²) in [6, 6.07) is 1.96. The molecule has 0 aliphatic heterocycles. The molecule has 0 unspecified atom stereocenters. The highest BCUT2D eigenvalue weighted by Crippen LogP contribution is 2.32. The highest BCUT2D eigenvalue weighted by molar-refractivity contribution is 5.84. The largest absolute Gasteiger partial charge is 0.388 e. The Labute approximate surface area is 177 Å². The summed E-state index contributed by atoms with van der Waals surface area (Å²) < 4.78 is 5.42. The number of aliphatic hydroxyl groups excluding tert-OH is 1. The predicted octanol–water partition coefficient (Wildman–Crippen LogP) is 1.86. The molecule has 5 rings (SSSR count). The van der Waals surface area contributed by atoms with E-state index in [1.54, 1.807) is 27.8 Å². The molecule has 5 aromatic heterocycles. The molecule has 156 valence electrons. The maximum Gasteiger partial charge on any atom is 0.218 e. The summed E-state index contributed by atoms with van der Waals surface area (Å²) >= 11 is 0. The molecule has 0 aromatic carbocycles. The number of aryl methyl sites for hydroxylation is 3. The second-order valence-electron chi connectivity index (χ2n) is 7.15. The monoisotopic (exact) mass is 416 g/mol. The molecule has 0 radical (unpaired) electrons. The fourth-order valence-corrected chi connectivity index (χ4v) is 3.45. The van der Waals surface area contributed by atoms with Crippen molar-refractivity contribution >= 4 is 17.0 Å². The van der Waals surface area contributed by atoms with Gasteiger partial charge in [-0.1, -0.05) is 0 Å². The summed E-state index contributed by atoms with van der Waals surface area (Å²) in [6.07, 6.45) is 10.6. The molecule has 11 heteroatoms. The number of aliphatic hydroxyl groups is 1. The summed E-state index contributed by atoms with van der Waals surface area (Å²) in [6.45, 7) is 1.80. The van der Waals surface area contributed by atoms with Crippen LogP contribution in [0, 0.1) is 6.92 Å². The van der Waals surface area contributed by atoms with E-state index in [1.165, 1.54) is 0 Å². The van der Waals surface area contributed by atoms with E-state index in [4.69, 9.17) is 10.1 Å². The zero-order valence-electron chi connectivity index (χ0n) is 17.2. The standard InChI is InChI=1S/C20H20N10O/c1-12-14(15-4-6-29(3)26-15)10-30-17(12)18(24-13-8-22-16(11-31)23-9-13)25-19(27-30)20-21-5-7-28(20)2/h4-10,31H,11H2,1-3H3,(H,24,25,27). The first-order valence-corrected chi connectivity index (χ1v) is 9.60. The third kappa shape index (κ3) is 3.30. The molecule has 2 N–H and O–H groups in total. The number of nitrogens with zero attached hydrogens (tertiary/aromatic N) is 9. The molecule has 5 aromatic rings. The minimum atomic E-state index is -0.216. The van der Waals surface area contributed by atoms with Gasteiger partial charge in [-0.25, -0.2) is 24.5 Å². The molecule has 31 heavy (non-hydrogen) atoms. The fraction of sp³-hybridized carbons (Fsp3) is 0.200. The average Bonchev–Trinajstić information content (AvgIpc) is 3.47. The van der Waals surface area contributed by atoms with Gasteiger partial charge in [0.25, 0.3) is 0 Å². The Hall–Kier alpha value is -4.12. The van der Waals surface area contributed by atoms with Crippen LogP contribution in [0.1, 0.15) is 11.4 Å². The number of imidazole rings is 1. The van der Waals surface area contributed by atoms with Gasteiger partial charge in [0.05, 0.1) is 23.8 Å². The summed E-state index contributed by atoms with van der Waals surface area (Å²) in [5, 5.41) is 21.7. The van der Waals surface area contributed by atoms with E-state index < -0.39 is 0 Å². The van der Waals surface area contributed by atoms with Crippen molar-refractivity contribution in [1.82, 2.24) is 43.9 Å². The highest BCUT2D eigenvalue weighted by Gasteiger charge is 2.19. The zero-order valence-corrected chi connectivity index (χ0v) is 17.2. The molecule has 0 bridgehead atoms. The van der Waals surface area contributed by atoms with Crippen LogP contribution in [0.3, 0.4) is 0 Å². The molecule has 0 saturated heterocycles. The van der Waals surface area contributed by atoms with Crippen molar-refractivity contribution < 1.29 is 5.11 Å². The number of hydrogen-bond donors (Lipinski definition) is 2. The Morgan fingerprint density at radius 2 is 1.87 bits per heavy atom. The molecule has 0 amide bonds. The van der Waals surface area contributed by atoms with Crippen molar-refractivity contribution in [3.05, 3.63) is 54.6 Å². The van der Waals surface area contributed by atoms with E-state index in [0.717, 1.165) is 22.3 Å². The lowest BCUT2D eigenvalue weighted by atomic mass is 10.1. The minimum Gasteiger partial charge on any atom is -0.388 e. The van der Waals surface area contributed by atoms with Crippen LogP contribution in [0.2, 0.25) is 0 Å². The van der Waals surface area contributed by atoms with Gasteiger partial charge in [0.2, 0.25) is 5.82 Å². The van der Waals surface area contributed by atoms with Crippen molar-refractivity contribution in [2.75, 3.05) is 5.32 Å². The average molecular weight is 416 g/mol. The first kappa shape index (κ1) is 18.9.